The van der Waals surface area contributed by atoms with Crippen molar-refractivity contribution in [3.05, 3.63) is 0 Å². The molecule has 0 spiro atoms. The lowest BCUT2D eigenvalue weighted by Gasteiger charge is -2.39. The molecule has 4 heteroatoms. The molecule has 0 saturated heterocycles. The van der Waals surface area contributed by atoms with Gasteiger partial charge in [-0.2, -0.15) is 8.78 Å². The van der Waals surface area contributed by atoms with Crippen LogP contribution in [0.25, 0.3) is 0 Å². The molecule has 1 nitrogen and oxygen atoms in total. The van der Waals surface area contributed by atoms with Crippen LogP contribution in [0.5, 0.6) is 0 Å². The van der Waals surface area contributed by atoms with E-state index in [9.17, 15) is 13.9 Å². The van der Waals surface area contributed by atoms with Gasteiger partial charge in [-0.1, -0.05) is 12.8 Å². The van der Waals surface area contributed by atoms with Crippen molar-refractivity contribution in [2.24, 2.45) is 5.92 Å². The monoisotopic (exact) mass is 242 g/mol. The molecule has 0 bridgehead atoms. The summed E-state index contributed by atoms with van der Waals surface area (Å²) in [6.45, 7) is 1.49. The fourth-order valence-electron chi connectivity index (χ4n) is 1.83. The zero-order valence-electron chi connectivity index (χ0n) is 6.99. The Balaban J connectivity index is 2.73. The Morgan fingerprint density at radius 2 is 2.08 bits per heavy atom. The Bertz CT molecular complexity index is 165. The smallest absolute Gasteiger partial charge is 0.306 e. The predicted octanol–water partition coefficient (Wildman–Crippen LogP) is 2.92. The maximum absolute atomic E-state index is 12.9. The van der Waals surface area contributed by atoms with Crippen LogP contribution in [-0.2, 0) is 0 Å². The third-order valence-electron chi connectivity index (χ3n) is 2.57. The van der Waals surface area contributed by atoms with Gasteiger partial charge in [0.1, 0.15) is 0 Å². The fourth-order valence-corrected chi connectivity index (χ4v) is 2.55. The molecule has 1 fully saturated rings. The van der Waals surface area contributed by atoms with E-state index in [-0.39, 0.29) is 0 Å². The van der Waals surface area contributed by atoms with Crippen LogP contribution in [-0.4, -0.2) is 15.5 Å². The van der Waals surface area contributed by atoms with E-state index in [2.05, 4.69) is 15.9 Å². The van der Waals surface area contributed by atoms with E-state index in [0.717, 1.165) is 12.8 Å². The molecule has 1 saturated carbocycles. The molecule has 1 rings (SSSR count). The minimum absolute atomic E-state index is 0.394. The summed E-state index contributed by atoms with van der Waals surface area (Å²) in [6.07, 6.45) is 2.48. The molecule has 0 radical (unpaired) electrons. The zero-order valence-corrected chi connectivity index (χ0v) is 8.57. The first-order chi connectivity index (χ1) is 5.34. The highest BCUT2D eigenvalue weighted by molar-refractivity contribution is 9.10. The van der Waals surface area contributed by atoms with Crippen molar-refractivity contribution in [2.45, 2.75) is 43.0 Å². The molecular weight excluding hydrogens is 230 g/mol. The van der Waals surface area contributed by atoms with Gasteiger partial charge in [-0.15, -0.1) is 0 Å². The largest absolute Gasteiger partial charge is 0.390 e. The van der Waals surface area contributed by atoms with E-state index in [0.29, 0.717) is 12.8 Å². The Hall–Kier alpha value is 0.300. The van der Waals surface area contributed by atoms with Gasteiger partial charge >= 0.3 is 4.83 Å². The molecule has 0 aromatic carbocycles. The first kappa shape index (κ1) is 10.4. The Kier molecular flexibility index (Phi) is 2.78. The Morgan fingerprint density at radius 1 is 1.50 bits per heavy atom. The highest BCUT2D eigenvalue weighted by Crippen LogP contribution is 2.45. The molecule has 0 amide bonds. The fraction of sp³-hybridized carbons (Fsp3) is 1.00. The number of aliphatic hydroxyl groups is 1. The summed E-state index contributed by atoms with van der Waals surface area (Å²) in [6, 6.07) is 0. The van der Waals surface area contributed by atoms with Crippen molar-refractivity contribution in [2.75, 3.05) is 0 Å². The molecule has 2 atom stereocenters. The summed E-state index contributed by atoms with van der Waals surface area (Å²) >= 11 is 2.32. The van der Waals surface area contributed by atoms with Gasteiger partial charge in [-0.05, 0) is 35.7 Å². The Labute approximate surface area is 79.3 Å². The van der Waals surface area contributed by atoms with E-state index < -0.39 is 16.4 Å². The van der Waals surface area contributed by atoms with Gasteiger partial charge in [0, 0.05) is 0 Å². The summed E-state index contributed by atoms with van der Waals surface area (Å²) in [4.78, 5) is -2.93. The van der Waals surface area contributed by atoms with Gasteiger partial charge in [-0.25, -0.2) is 0 Å². The molecule has 0 aromatic rings. The second kappa shape index (κ2) is 3.22. The molecule has 0 heterocycles. The Morgan fingerprint density at radius 3 is 2.42 bits per heavy atom. The number of hydrogen-bond donors (Lipinski definition) is 1. The number of hydrogen-bond acceptors (Lipinski definition) is 1. The van der Waals surface area contributed by atoms with Gasteiger partial charge in [0.2, 0.25) is 0 Å². The number of halogens is 3. The molecule has 12 heavy (non-hydrogen) atoms. The van der Waals surface area contributed by atoms with E-state index in [4.69, 9.17) is 0 Å². The average Bonchev–Trinajstić information content (AvgIpc) is 1.83. The van der Waals surface area contributed by atoms with Crippen molar-refractivity contribution in [3.63, 3.8) is 0 Å². The first-order valence-electron chi connectivity index (χ1n) is 4.13. The number of rotatable bonds is 1. The van der Waals surface area contributed by atoms with Crippen LogP contribution in [0.3, 0.4) is 0 Å². The molecular formula is C8H13BrF2O. The van der Waals surface area contributed by atoms with Crippen molar-refractivity contribution in [3.8, 4) is 0 Å². The predicted molar refractivity (Wildman–Crippen MR) is 46.5 cm³/mol. The minimum Gasteiger partial charge on any atom is -0.390 e. The van der Waals surface area contributed by atoms with Crippen molar-refractivity contribution >= 4 is 15.9 Å². The molecule has 1 N–H and O–H groups in total. The van der Waals surface area contributed by atoms with Gasteiger partial charge in [0.05, 0.1) is 11.5 Å². The molecule has 72 valence electrons. The standard InChI is InChI=1S/C8H13BrF2O/c1-7(12)5-3-2-4-6(7)8(9,10)11/h6,12H,2-5H2,1H3/t6-,7-/m1/s1. The van der Waals surface area contributed by atoms with Crippen molar-refractivity contribution in [1.82, 2.24) is 0 Å². The van der Waals surface area contributed by atoms with Crippen molar-refractivity contribution in [1.29, 1.82) is 0 Å². The van der Waals surface area contributed by atoms with Crippen LogP contribution in [0.15, 0.2) is 0 Å². The van der Waals surface area contributed by atoms with Crippen LogP contribution >= 0.6 is 15.9 Å². The van der Waals surface area contributed by atoms with E-state index in [1.807, 2.05) is 0 Å². The lowest BCUT2D eigenvalue weighted by Crippen LogP contribution is -2.45. The van der Waals surface area contributed by atoms with Crippen LogP contribution in [0.4, 0.5) is 8.78 Å². The quantitative estimate of drug-likeness (QED) is 0.702. The topological polar surface area (TPSA) is 20.2 Å². The summed E-state index contributed by atoms with van der Waals surface area (Å²) in [5.41, 5.74) is -1.22. The highest BCUT2D eigenvalue weighted by Gasteiger charge is 2.48. The normalized spacial score (nSPS) is 38.2. The third kappa shape index (κ3) is 2.16. The van der Waals surface area contributed by atoms with Crippen LogP contribution in [0, 0.1) is 5.92 Å². The van der Waals surface area contributed by atoms with Crippen LogP contribution in [0.1, 0.15) is 32.6 Å². The maximum Gasteiger partial charge on any atom is 0.306 e. The molecule has 0 aromatic heterocycles. The lowest BCUT2D eigenvalue weighted by molar-refractivity contribution is -0.109. The van der Waals surface area contributed by atoms with Crippen molar-refractivity contribution < 1.29 is 13.9 Å². The molecule has 0 unspecified atom stereocenters. The maximum atomic E-state index is 12.9. The lowest BCUT2D eigenvalue weighted by atomic mass is 9.77. The van der Waals surface area contributed by atoms with E-state index >= 15 is 0 Å². The van der Waals surface area contributed by atoms with Gasteiger partial charge in [0.25, 0.3) is 0 Å². The van der Waals surface area contributed by atoms with Gasteiger partial charge in [0.15, 0.2) is 0 Å². The van der Waals surface area contributed by atoms with Crippen LogP contribution in [0.2, 0.25) is 0 Å². The second-order valence-electron chi connectivity index (χ2n) is 3.70. The van der Waals surface area contributed by atoms with Gasteiger partial charge in [-0.3, -0.25) is 0 Å². The molecule has 1 aliphatic carbocycles. The summed E-state index contributed by atoms with van der Waals surface area (Å²) in [5.74, 6) is -0.946. The SMILES string of the molecule is C[C@@]1(O)CCCC[C@H]1C(F)(F)Br. The average molecular weight is 243 g/mol. The van der Waals surface area contributed by atoms with E-state index in [1.54, 1.807) is 0 Å². The highest BCUT2D eigenvalue weighted by atomic mass is 79.9. The minimum atomic E-state index is -2.93. The summed E-state index contributed by atoms with van der Waals surface area (Å²) in [5, 5.41) is 9.66. The first-order valence-corrected chi connectivity index (χ1v) is 4.92. The summed E-state index contributed by atoms with van der Waals surface area (Å²) < 4.78 is 25.7. The third-order valence-corrected chi connectivity index (χ3v) is 3.12. The van der Waals surface area contributed by atoms with Crippen LogP contribution < -0.4 is 0 Å². The number of alkyl halides is 3. The van der Waals surface area contributed by atoms with E-state index in [1.165, 1.54) is 6.92 Å². The second-order valence-corrected chi connectivity index (χ2v) is 4.75. The molecule has 1 aliphatic rings. The molecule has 0 aliphatic heterocycles. The summed E-state index contributed by atoms with van der Waals surface area (Å²) in [7, 11) is 0. The van der Waals surface area contributed by atoms with Gasteiger partial charge < -0.3 is 5.11 Å². The zero-order chi connectivity index (χ0) is 9.41.